The molecule has 0 rings (SSSR count). The average Bonchev–Trinajstić information content (AvgIpc) is 2.01. The molecule has 0 spiro atoms. The van der Waals surface area contributed by atoms with Crippen molar-refractivity contribution in [2.24, 2.45) is 5.41 Å². The van der Waals surface area contributed by atoms with Gasteiger partial charge in [-0.3, -0.25) is 4.79 Å². The molecule has 0 aliphatic rings. The number of hydrogen-bond acceptors (Lipinski definition) is 2. The molecule has 0 radical (unpaired) electrons. The lowest BCUT2D eigenvalue weighted by Gasteiger charge is -2.38. The van der Waals surface area contributed by atoms with Crippen molar-refractivity contribution in [3.8, 4) is 0 Å². The van der Waals surface area contributed by atoms with Crippen molar-refractivity contribution in [3.05, 3.63) is 12.7 Å². The molecule has 1 amide bonds. The molecule has 4 heteroatoms. The minimum absolute atomic E-state index is 0.482. The highest BCUT2D eigenvalue weighted by molar-refractivity contribution is 5.92. The maximum atomic E-state index is 11.1. The van der Waals surface area contributed by atoms with Crippen LogP contribution in [0, 0.1) is 5.41 Å². The van der Waals surface area contributed by atoms with Gasteiger partial charge in [-0.05, 0) is 18.4 Å². The Morgan fingerprint density at radius 1 is 1.29 bits per heavy atom. The highest BCUT2D eigenvalue weighted by atomic mass is 16.4. The van der Waals surface area contributed by atoms with Crippen LogP contribution in [0.3, 0.4) is 0 Å². The van der Waals surface area contributed by atoms with Crippen LogP contribution in [0.2, 0.25) is 0 Å². The van der Waals surface area contributed by atoms with Crippen LogP contribution in [0.4, 0.5) is 0 Å². The Morgan fingerprint density at radius 3 is 1.93 bits per heavy atom. The van der Waals surface area contributed by atoms with Crippen molar-refractivity contribution in [2.75, 3.05) is 0 Å². The molecule has 4 nitrogen and oxygen atoms in total. The first-order valence-corrected chi connectivity index (χ1v) is 4.33. The van der Waals surface area contributed by atoms with Gasteiger partial charge in [-0.2, -0.15) is 0 Å². The molecule has 0 aromatic carbocycles. The summed E-state index contributed by atoms with van der Waals surface area (Å²) in [5.41, 5.74) is -1.87. The third-order valence-corrected chi connectivity index (χ3v) is 2.49. The van der Waals surface area contributed by atoms with Crippen LogP contribution in [-0.2, 0) is 9.59 Å². The molecule has 0 fully saturated rings. The molecule has 0 saturated carbocycles. The molecule has 0 aliphatic heterocycles. The zero-order chi connectivity index (χ0) is 11.6. The van der Waals surface area contributed by atoms with Gasteiger partial charge in [0, 0.05) is 0 Å². The van der Waals surface area contributed by atoms with E-state index in [1.807, 2.05) is 0 Å². The largest absolute Gasteiger partial charge is 0.479 e. The van der Waals surface area contributed by atoms with E-state index >= 15 is 0 Å². The summed E-state index contributed by atoms with van der Waals surface area (Å²) < 4.78 is 0. The second-order valence-electron chi connectivity index (χ2n) is 4.37. The van der Waals surface area contributed by atoms with Crippen LogP contribution in [-0.4, -0.2) is 22.5 Å². The van der Waals surface area contributed by atoms with E-state index in [4.69, 9.17) is 5.11 Å². The Morgan fingerprint density at radius 2 is 1.71 bits per heavy atom. The predicted octanol–water partition coefficient (Wildman–Crippen LogP) is 1.18. The van der Waals surface area contributed by atoms with Gasteiger partial charge in [0.05, 0.1) is 0 Å². The Bertz CT molecular complexity index is 265. The number of carbonyl (C=O) groups is 2. The van der Waals surface area contributed by atoms with Gasteiger partial charge in [-0.25, -0.2) is 4.79 Å². The summed E-state index contributed by atoms with van der Waals surface area (Å²) in [4.78, 5) is 22.2. The zero-order valence-electron chi connectivity index (χ0n) is 9.05. The molecular weight excluding hydrogens is 182 g/mol. The summed E-state index contributed by atoms with van der Waals surface area (Å²) in [6.45, 7) is 10.0. The Labute approximate surface area is 84.0 Å². The van der Waals surface area contributed by atoms with E-state index in [9.17, 15) is 9.59 Å². The minimum Gasteiger partial charge on any atom is -0.479 e. The highest BCUT2D eigenvalue weighted by Crippen LogP contribution is 2.30. The molecule has 0 saturated heterocycles. The van der Waals surface area contributed by atoms with Gasteiger partial charge in [0.2, 0.25) is 5.91 Å². The normalized spacial score (nSPS) is 15.4. The molecule has 1 atom stereocenters. The summed E-state index contributed by atoms with van der Waals surface area (Å²) >= 11 is 0. The van der Waals surface area contributed by atoms with Crippen molar-refractivity contribution in [3.63, 3.8) is 0 Å². The van der Waals surface area contributed by atoms with Crippen LogP contribution in [0.1, 0.15) is 27.7 Å². The fraction of sp³-hybridized carbons (Fsp3) is 0.600. The number of aliphatic carboxylic acids is 1. The molecule has 2 N–H and O–H groups in total. The van der Waals surface area contributed by atoms with Gasteiger partial charge in [0.15, 0.2) is 0 Å². The summed E-state index contributed by atoms with van der Waals surface area (Å²) in [5, 5.41) is 11.5. The molecule has 0 bridgehead atoms. The first-order chi connectivity index (χ1) is 6.15. The van der Waals surface area contributed by atoms with Gasteiger partial charge >= 0.3 is 5.97 Å². The van der Waals surface area contributed by atoms with Gasteiger partial charge in [0.25, 0.3) is 0 Å². The van der Waals surface area contributed by atoms with Crippen LogP contribution in [0.5, 0.6) is 0 Å². The lowest BCUT2D eigenvalue weighted by Crippen LogP contribution is -2.59. The number of rotatable bonds is 3. The smallest absolute Gasteiger partial charge is 0.329 e. The van der Waals surface area contributed by atoms with E-state index in [-0.39, 0.29) is 0 Å². The van der Waals surface area contributed by atoms with E-state index < -0.39 is 22.8 Å². The number of nitrogens with one attached hydrogen (secondary N) is 1. The Balaban J connectivity index is 5.02. The van der Waals surface area contributed by atoms with E-state index in [1.54, 1.807) is 20.8 Å². The van der Waals surface area contributed by atoms with Crippen LogP contribution in [0.25, 0.3) is 0 Å². The average molecular weight is 199 g/mol. The van der Waals surface area contributed by atoms with Gasteiger partial charge < -0.3 is 10.4 Å². The van der Waals surface area contributed by atoms with Gasteiger partial charge in [0.1, 0.15) is 5.54 Å². The lowest BCUT2D eigenvalue weighted by atomic mass is 9.75. The Kier molecular flexibility index (Phi) is 3.46. The Hall–Kier alpha value is -1.32. The first-order valence-electron chi connectivity index (χ1n) is 4.33. The molecule has 1 unspecified atom stereocenters. The third-order valence-electron chi connectivity index (χ3n) is 2.49. The number of carboxylic acids is 1. The van der Waals surface area contributed by atoms with E-state index in [2.05, 4.69) is 11.9 Å². The predicted molar refractivity (Wildman–Crippen MR) is 53.8 cm³/mol. The molecule has 0 heterocycles. The summed E-state index contributed by atoms with van der Waals surface area (Å²) in [5.74, 6) is -1.54. The summed E-state index contributed by atoms with van der Waals surface area (Å²) in [7, 11) is 0. The lowest BCUT2D eigenvalue weighted by molar-refractivity contribution is -0.151. The molecule has 0 aliphatic carbocycles. The van der Waals surface area contributed by atoms with Gasteiger partial charge in [-0.1, -0.05) is 27.4 Å². The van der Waals surface area contributed by atoms with Crippen LogP contribution >= 0.6 is 0 Å². The monoisotopic (exact) mass is 199 g/mol. The topological polar surface area (TPSA) is 66.4 Å². The number of carbonyl (C=O) groups excluding carboxylic acids is 1. The van der Waals surface area contributed by atoms with E-state index in [1.165, 1.54) is 6.92 Å². The van der Waals surface area contributed by atoms with Crippen molar-refractivity contribution in [1.82, 2.24) is 5.32 Å². The second-order valence-corrected chi connectivity index (χ2v) is 4.37. The van der Waals surface area contributed by atoms with Gasteiger partial charge in [-0.15, -0.1) is 0 Å². The molecule has 80 valence electrons. The van der Waals surface area contributed by atoms with E-state index in [0.29, 0.717) is 0 Å². The van der Waals surface area contributed by atoms with Crippen molar-refractivity contribution in [1.29, 1.82) is 0 Å². The van der Waals surface area contributed by atoms with Crippen LogP contribution < -0.4 is 5.32 Å². The van der Waals surface area contributed by atoms with Crippen molar-refractivity contribution in [2.45, 2.75) is 33.2 Å². The maximum Gasteiger partial charge on any atom is 0.329 e. The highest BCUT2D eigenvalue weighted by Gasteiger charge is 2.45. The summed E-state index contributed by atoms with van der Waals surface area (Å²) in [6, 6.07) is 0. The summed E-state index contributed by atoms with van der Waals surface area (Å²) in [6.07, 6.45) is 1.06. The quantitative estimate of drug-likeness (QED) is 0.671. The maximum absolute atomic E-state index is 11.1. The third kappa shape index (κ3) is 2.34. The molecule has 0 aromatic rings. The number of carboxylic acid groups (broad SMARTS) is 1. The van der Waals surface area contributed by atoms with Crippen molar-refractivity contribution < 1.29 is 14.7 Å². The SMILES string of the molecule is C=CC(=O)NC(C)(C(=O)O)C(C)(C)C. The fourth-order valence-corrected chi connectivity index (χ4v) is 0.859. The molecular formula is C10H17NO3. The standard InChI is InChI=1S/C10H17NO3/c1-6-7(12)11-10(5,8(13)14)9(2,3)4/h6H,1H2,2-5H3,(H,11,12)(H,13,14). The minimum atomic E-state index is -1.29. The van der Waals surface area contributed by atoms with E-state index in [0.717, 1.165) is 6.08 Å². The molecule has 0 aromatic heterocycles. The molecule has 14 heavy (non-hydrogen) atoms. The number of amides is 1. The van der Waals surface area contributed by atoms with Crippen molar-refractivity contribution >= 4 is 11.9 Å². The van der Waals surface area contributed by atoms with Crippen LogP contribution in [0.15, 0.2) is 12.7 Å². The fourth-order valence-electron chi connectivity index (χ4n) is 0.859. The first kappa shape index (κ1) is 12.7. The number of hydrogen-bond donors (Lipinski definition) is 2. The second kappa shape index (κ2) is 3.82. The zero-order valence-corrected chi connectivity index (χ0v) is 9.05.